The number of hydrogen-bond acceptors (Lipinski definition) is 7. The van der Waals surface area contributed by atoms with Crippen LogP contribution in [0.4, 0.5) is 0 Å². The molecule has 27 heavy (non-hydrogen) atoms. The van der Waals surface area contributed by atoms with Crippen molar-refractivity contribution in [3.05, 3.63) is 11.7 Å². The molecule has 0 atom stereocenters. The molecule has 0 bridgehead atoms. The molecule has 1 aromatic heterocycles. The molecule has 2 heterocycles. The smallest absolute Gasteiger partial charge is 0.320 e. The highest BCUT2D eigenvalue weighted by Gasteiger charge is 2.22. The zero-order valence-electron chi connectivity index (χ0n) is 17.0. The predicted octanol–water partition coefficient (Wildman–Crippen LogP) is 1.79. The monoisotopic (exact) mass is 380 g/mol. The van der Waals surface area contributed by atoms with Crippen molar-refractivity contribution in [1.29, 1.82) is 0 Å². The first-order chi connectivity index (χ1) is 12.8. The fraction of sp³-hybridized carbons (Fsp3) is 0.789. The summed E-state index contributed by atoms with van der Waals surface area (Å²) in [5.74, 6) is 1.22. The Morgan fingerprint density at radius 2 is 1.96 bits per heavy atom. The molecule has 1 fully saturated rings. The molecular formula is C19H32N4O4. The van der Waals surface area contributed by atoms with Crippen LogP contribution in [0.25, 0.3) is 0 Å². The number of aryl methyl sites for hydroxylation is 1. The van der Waals surface area contributed by atoms with Crippen LogP contribution in [-0.2, 0) is 26.2 Å². The highest BCUT2D eigenvalue weighted by atomic mass is 16.5. The number of hydrogen-bond donors (Lipinski definition) is 0. The van der Waals surface area contributed by atoms with Gasteiger partial charge < -0.3 is 14.2 Å². The molecule has 1 saturated heterocycles. The third-order valence-corrected chi connectivity index (χ3v) is 4.52. The first-order valence-electron chi connectivity index (χ1n) is 9.78. The van der Waals surface area contributed by atoms with Crippen LogP contribution in [-0.4, -0.2) is 71.1 Å². The number of carbonyl (C=O) groups is 2. The number of rotatable bonds is 7. The van der Waals surface area contributed by atoms with Gasteiger partial charge in [0.05, 0.1) is 13.2 Å². The zero-order chi connectivity index (χ0) is 19.9. The van der Waals surface area contributed by atoms with Crippen molar-refractivity contribution >= 4 is 11.9 Å². The van der Waals surface area contributed by atoms with Gasteiger partial charge in [-0.1, -0.05) is 25.9 Å². The first kappa shape index (κ1) is 21.3. The van der Waals surface area contributed by atoms with E-state index in [9.17, 15) is 9.59 Å². The number of esters is 1. The lowest BCUT2D eigenvalue weighted by Crippen LogP contribution is -2.37. The van der Waals surface area contributed by atoms with E-state index in [1.807, 2.05) is 25.7 Å². The average Bonchev–Trinajstić information content (AvgIpc) is 2.95. The van der Waals surface area contributed by atoms with Gasteiger partial charge in [0, 0.05) is 44.4 Å². The van der Waals surface area contributed by atoms with Gasteiger partial charge in [-0.15, -0.1) is 0 Å². The summed E-state index contributed by atoms with van der Waals surface area (Å²) < 4.78 is 10.3. The van der Waals surface area contributed by atoms with Crippen molar-refractivity contribution in [1.82, 2.24) is 19.9 Å². The van der Waals surface area contributed by atoms with Gasteiger partial charge in [-0.25, -0.2) is 0 Å². The lowest BCUT2D eigenvalue weighted by Gasteiger charge is -2.21. The molecule has 0 radical (unpaired) electrons. The van der Waals surface area contributed by atoms with Gasteiger partial charge in [-0.3, -0.25) is 14.5 Å². The fourth-order valence-electron chi connectivity index (χ4n) is 2.98. The second-order valence-electron chi connectivity index (χ2n) is 7.93. The van der Waals surface area contributed by atoms with Crippen molar-refractivity contribution < 1.29 is 18.8 Å². The SMILES string of the molecule is CCOC(=O)CN1CCCN(C(=O)CCCc2nc(C(C)(C)C)no2)CC1. The lowest BCUT2D eigenvalue weighted by atomic mass is 9.96. The van der Waals surface area contributed by atoms with Gasteiger partial charge in [0.2, 0.25) is 11.8 Å². The van der Waals surface area contributed by atoms with E-state index in [1.54, 1.807) is 6.92 Å². The van der Waals surface area contributed by atoms with Gasteiger partial charge in [-0.2, -0.15) is 4.98 Å². The Morgan fingerprint density at radius 1 is 1.19 bits per heavy atom. The molecule has 0 aromatic carbocycles. The maximum Gasteiger partial charge on any atom is 0.320 e. The number of nitrogens with zero attached hydrogens (tertiary/aromatic N) is 4. The minimum absolute atomic E-state index is 0.140. The average molecular weight is 380 g/mol. The molecule has 8 heteroatoms. The van der Waals surface area contributed by atoms with E-state index in [2.05, 4.69) is 15.0 Å². The second kappa shape index (κ2) is 9.82. The molecular weight excluding hydrogens is 348 g/mol. The standard InChI is InChI=1S/C19H32N4O4/c1-5-26-17(25)14-22-10-7-11-23(13-12-22)16(24)9-6-8-15-20-18(21-27-15)19(2,3)4/h5-14H2,1-4H3. The maximum atomic E-state index is 12.5. The molecule has 1 aliphatic rings. The van der Waals surface area contributed by atoms with Crippen molar-refractivity contribution in [3.8, 4) is 0 Å². The summed E-state index contributed by atoms with van der Waals surface area (Å²) in [7, 11) is 0. The minimum atomic E-state index is -0.202. The molecule has 2 rings (SSSR count). The van der Waals surface area contributed by atoms with Crippen LogP contribution in [0.5, 0.6) is 0 Å². The molecule has 1 aliphatic heterocycles. The zero-order valence-corrected chi connectivity index (χ0v) is 17.0. The summed E-state index contributed by atoms with van der Waals surface area (Å²) in [5.41, 5.74) is -0.140. The molecule has 0 N–H and O–H groups in total. The van der Waals surface area contributed by atoms with E-state index >= 15 is 0 Å². The Labute approximate surface area is 161 Å². The molecule has 1 aromatic rings. The quantitative estimate of drug-likeness (QED) is 0.666. The highest BCUT2D eigenvalue weighted by molar-refractivity contribution is 5.76. The van der Waals surface area contributed by atoms with Gasteiger partial charge in [0.15, 0.2) is 5.82 Å². The number of aromatic nitrogens is 2. The summed E-state index contributed by atoms with van der Waals surface area (Å²) in [6, 6.07) is 0. The van der Waals surface area contributed by atoms with Gasteiger partial charge in [-0.05, 0) is 19.8 Å². The van der Waals surface area contributed by atoms with E-state index < -0.39 is 0 Å². The maximum absolute atomic E-state index is 12.5. The van der Waals surface area contributed by atoms with Crippen molar-refractivity contribution in [2.75, 3.05) is 39.3 Å². The molecule has 0 spiro atoms. The number of carbonyl (C=O) groups excluding carboxylic acids is 2. The molecule has 0 aliphatic carbocycles. The molecule has 0 unspecified atom stereocenters. The normalized spacial score (nSPS) is 16.2. The van der Waals surface area contributed by atoms with E-state index in [0.29, 0.717) is 57.2 Å². The Kier molecular flexibility index (Phi) is 7.77. The van der Waals surface area contributed by atoms with E-state index in [1.165, 1.54) is 0 Å². The molecule has 1 amide bonds. The third kappa shape index (κ3) is 6.93. The largest absolute Gasteiger partial charge is 0.465 e. The van der Waals surface area contributed by atoms with Crippen LogP contribution in [0, 0.1) is 0 Å². The minimum Gasteiger partial charge on any atom is -0.465 e. The van der Waals surface area contributed by atoms with Gasteiger partial charge >= 0.3 is 5.97 Å². The van der Waals surface area contributed by atoms with Crippen molar-refractivity contribution in [2.45, 2.75) is 58.8 Å². The van der Waals surface area contributed by atoms with Crippen molar-refractivity contribution in [3.63, 3.8) is 0 Å². The lowest BCUT2D eigenvalue weighted by molar-refractivity contribution is -0.144. The summed E-state index contributed by atoms with van der Waals surface area (Å²) >= 11 is 0. The van der Waals surface area contributed by atoms with E-state index in [0.717, 1.165) is 19.5 Å². The molecule has 152 valence electrons. The number of ether oxygens (including phenoxy) is 1. The van der Waals surface area contributed by atoms with Gasteiger partial charge in [0.1, 0.15) is 0 Å². The van der Waals surface area contributed by atoms with E-state index in [4.69, 9.17) is 9.26 Å². The number of amides is 1. The first-order valence-corrected chi connectivity index (χ1v) is 9.78. The fourth-order valence-corrected chi connectivity index (χ4v) is 2.98. The third-order valence-electron chi connectivity index (χ3n) is 4.52. The Hall–Kier alpha value is -1.96. The van der Waals surface area contributed by atoms with Crippen LogP contribution >= 0.6 is 0 Å². The van der Waals surface area contributed by atoms with Crippen molar-refractivity contribution in [2.24, 2.45) is 0 Å². The summed E-state index contributed by atoms with van der Waals surface area (Å²) in [4.78, 5) is 32.4. The van der Waals surface area contributed by atoms with Crippen LogP contribution in [0.2, 0.25) is 0 Å². The molecule has 8 nitrogen and oxygen atoms in total. The van der Waals surface area contributed by atoms with Gasteiger partial charge in [0.25, 0.3) is 0 Å². The highest BCUT2D eigenvalue weighted by Crippen LogP contribution is 2.19. The van der Waals surface area contributed by atoms with Crippen LogP contribution in [0.3, 0.4) is 0 Å². The van der Waals surface area contributed by atoms with Crippen LogP contribution in [0.1, 0.15) is 58.7 Å². The van der Waals surface area contributed by atoms with Crippen LogP contribution < -0.4 is 0 Å². The van der Waals surface area contributed by atoms with E-state index in [-0.39, 0.29) is 17.3 Å². The Morgan fingerprint density at radius 3 is 2.63 bits per heavy atom. The summed E-state index contributed by atoms with van der Waals surface area (Å²) in [5, 5.41) is 4.01. The Balaban J connectivity index is 1.73. The topological polar surface area (TPSA) is 88.8 Å². The Bertz CT molecular complexity index is 623. The summed E-state index contributed by atoms with van der Waals surface area (Å²) in [6.07, 6.45) is 2.63. The molecule has 0 saturated carbocycles. The second-order valence-corrected chi connectivity index (χ2v) is 7.93. The van der Waals surface area contributed by atoms with Crippen LogP contribution in [0.15, 0.2) is 4.52 Å². The predicted molar refractivity (Wildman–Crippen MR) is 100 cm³/mol. The summed E-state index contributed by atoms with van der Waals surface area (Å²) in [6.45, 7) is 11.5.